The molecule has 1 N–H and O–H groups in total. The number of fused-ring (bicyclic) bond motifs is 2. The van der Waals surface area contributed by atoms with Gasteiger partial charge in [-0.25, -0.2) is 4.79 Å². The van der Waals surface area contributed by atoms with Gasteiger partial charge in [-0.2, -0.15) is 5.26 Å². The van der Waals surface area contributed by atoms with Crippen LogP contribution in [0.3, 0.4) is 0 Å². The molecule has 1 heterocycles. The highest BCUT2D eigenvalue weighted by Gasteiger charge is 2.27. The molecule has 6 nitrogen and oxygen atoms in total. The number of amides is 1. The molecule has 0 radical (unpaired) electrons. The number of nitriles is 1. The minimum absolute atomic E-state index is 0.0130. The van der Waals surface area contributed by atoms with Gasteiger partial charge >= 0.3 is 5.97 Å². The number of esters is 1. The van der Waals surface area contributed by atoms with E-state index in [-0.39, 0.29) is 24.3 Å². The van der Waals surface area contributed by atoms with E-state index in [1.165, 1.54) is 0 Å². The Kier molecular flexibility index (Phi) is 5.79. The van der Waals surface area contributed by atoms with Gasteiger partial charge in [-0.05, 0) is 32.0 Å². The summed E-state index contributed by atoms with van der Waals surface area (Å²) in [6.45, 7) is 7.04. The van der Waals surface area contributed by atoms with Crippen LogP contribution >= 0.6 is 0 Å². The first kappa shape index (κ1) is 19.9. The second kappa shape index (κ2) is 8.44. The molecule has 2 aromatic rings. The van der Waals surface area contributed by atoms with Crippen LogP contribution in [0.25, 0.3) is 5.57 Å². The zero-order valence-electron chi connectivity index (χ0n) is 16.2. The van der Waals surface area contributed by atoms with E-state index >= 15 is 0 Å². The maximum Gasteiger partial charge on any atom is 0.333 e. The Labute approximate surface area is 169 Å². The standard InChI is InChI=1S/C23H20N2O4/c1-14(2)23(27)28-11-10-25-22(26)18(13-24)21-16-6-4-5-7-19(16)29-20-9-8-15(3)12-17(20)21/h4-9,12H,1,10-11H2,2-3H3,(H,25,26)/b21-18+. The summed E-state index contributed by atoms with van der Waals surface area (Å²) in [7, 11) is 0. The molecule has 0 spiro atoms. The first-order valence-corrected chi connectivity index (χ1v) is 9.06. The molecule has 6 heteroatoms. The smallest absolute Gasteiger partial charge is 0.333 e. The van der Waals surface area contributed by atoms with E-state index in [1.54, 1.807) is 13.0 Å². The summed E-state index contributed by atoms with van der Waals surface area (Å²) in [6, 6.07) is 14.9. The molecular weight excluding hydrogens is 368 g/mol. The number of hydrogen-bond acceptors (Lipinski definition) is 5. The highest BCUT2D eigenvalue weighted by Crippen LogP contribution is 2.45. The number of hydrogen-bond donors (Lipinski definition) is 1. The van der Waals surface area contributed by atoms with Crippen molar-refractivity contribution >= 4 is 17.4 Å². The van der Waals surface area contributed by atoms with E-state index in [4.69, 9.17) is 9.47 Å². The molecule has 0 saturated carbocycles. The molecule has 1 aliphatic rings. The maximum absolute atomic E-state index is 12.8. The monoisotopic (exact) mass is 388 g/mol. The molecular formula is C23H20N2O4. The highest BCUT2D eigenvalue weighted by molar-refractivity contribution is 6.09. The summed E-state index contributed by atoms with van der Waals surface area (Å²) < 4.78 is 10.9. The van der Waals surface area contributed by atoms with Gasteiger partial charge in [0.1, 0.15) is 29.7 Å². The van der Waals surface area contributed by atoms with Crippen molar-refractivity contribution in [1.82, 2.24) is 5.32 Å². The van der Waals surface area contributed by atoms with Gasteiger partial charge in [0.2, 0.25) is 0 Å². The SMILES string of the molecule is C=C(C)C(=O)OCCNC(=O)/C(C#N)=C1\c2ccccc2Oc2ccc(C)cc21. The zero-order valence-corrected chi connectivity index (χ0v) is 16.2. The quantitative estimate of drug-likeness (QED) is 0.312. The average molecular weight is 388 g/mol. The molecule has 0 aromatic heterocycles. The summed E-state index contributed by atoms with van der Waals surface area (Å²) in [5.74, 6) is 0.0916. The molecule has 0 saturated heterocycles. The highest BCUT2D eigenvalue weighted by atomic mass is 16.5. The average Bonchev–Trinajstić information content (AvgIpc) is 2.71. The lowest BCUT2D eigenvalue weighted by Gasteiger charge is -2.24. The van der Waals surface area contributed by atoms with Crippen LogP contribution < -0.4 is 10.1 Å². The first-order chi connectivity index (χ1) is 13.9. The van der Waals surface area contributed by atoms with Crippen LogP contribution in [0.5, 0.6) is 11.5 Å². The Morgan fingerprint density at radius 1 is 1.17 bits per heavy atom. The third-order valence-electron chi connectivity index (χ3n) is 4.34. The summed E-state index contributed by atoms with van der Waals surface area (Å²) in [4.78, 5) is 24.2. The first-order valence-electron chi connectivity index (χ1n) is 9.06. The third-order valence-corrected chi connectivity index (χ3v) is 4.34. The van der Waals surface area contributed by atoms with Gasteiger partial charge < -0.3 is 14.8 Å². The molecule has 0 atom stereocenters. The lowest BCUT2D eigenvalue weighted by molar-refractivity contribution is -0.139. The van der Waals surface area contributed by atoms with E-state index in [0.29, 0.717) is 28.2 Å². The normalized spacial score (nSPS) is 13.1. The Morgan fingerprint density at radius 2 is 1.90 bits per heavy atom. The lowest BCUT2D eigenvalue weighted by atomic mass is 9.89. The fourth-order valence-corrected chi connectivity index (χ4v) is 2.96. The van der Waals surface area contributed by atoms with Crippen LogP contribution in [0.4, 0.5) is 0 Å². The van der Waals surface area contributed by atoms with Gasteiger partial charge in [0.25, 0.3) is 5.91 Å². The molecule has 1 aliphatic heterocycles. The summed E-state index contributed by atoms with van der Waals surface area (Å²) in [5.41, 5.74) is 3.11. The molecule has 1 amide bonds. The van der Waals surface area contributed by atoms with Crippen molar-refractivity contribution in [2.75, 3.05) is 13.2 Å². The molecule has 0 fully saturated rings. The number of rotatable bonds is 5. The van der Waals surface area contributed by atoms with E-state index in [2.05, 4.69) is 11.9 Å². The third kappa shape index (κ3) is 4.19. The largest absolute Gasteiger partial charge is 0.460 e. The predicted molar refractivity (Wildman–Crippen MR) is 108 cm³/mol. The Morgan fingerprint density at radius 3 is 2.62 bits per heavy atom. The van der Waals surface area contributed by atoms with Crippen molar-refractivity contribution in [3.05, 3.63) is 76.9 Å². The van der Waals surface area contributed by atoms with Crippen LogP contribution in [0, 0.1) is 18.3 Å². The Hall–Kier alpha value is -3.85. The number of benzene rings is 2. The summed E-state index contributed by atoms with van der Waals surface area (Å²) in [5, 5.41) is 12.4. The van der Waals surface area contributed by atoms with Crippen LogP contribution in [0.15, 0.2) is 60.2 Å². The number of carbonyl (C=O) groups excluding carboxylic acids is 2. The molecule has 146 valence electrons. The minimum atomic E-state index is -0.543. The van der Waals surface area contributed by atoms with E-state index in [0.717, 1.165) is 5.56 Å². The van der Waals surface area contributed by atoms with Crippen molar-refractivity contribution in [2.24, 2.45) is 0 Å². The number of aryl methyl sites for hydroxylation is 1. The second-order valence-electron chi connectivity index (χ2n) is 6.63. The van der Waals surface area contributed by atoms with Crippen LogP contribution in [0.1, 0.15) is 23.6 Å². The Balaban J connectivity index is 1.94. The van der Waals surface area contributed by atoms with Gasteiger partial charge in [0.05, 0.1) is 6.54 Å². The number of nitrogens with zero attached hydrogens (tertiary/aromatic N) is 1. The molecule has 3 rings (SSSR count). The number of ether oxygens (including phenoxy) is 2. The second-order valence-corrected chi connectivity index (χ2v) is 6.63. The molecule has 0 aliphatic carbocycles. The molecule has 0 unspecified atom stereocenters. The van der Waals surface area contributed by atoms with Crippen molar-refractivity contribution in [3.63, 3.8) is 0 Å². The minimum Gasteiger partial charge on any atom is -0.460 e. The van der Waals surface area contributed by atoms with Crippen LogP contribution in [-0.4, -0.2) is 25.0 Å². The van der Waals surface area contributed by atoms with E-state index < -0.39 is 11.9 Å². The summed E-state index contributed by atoms with van der Waals surface area (Å²) in [6.07, 6.45) is 0. The van der Waals surface area contributed by atoms with E-state index in [1.807, 2.05) is 49.4 Å². The van der Waals surface area contributed by atoms with E-state index in [9.17, 15) is 14.9 Å². The van der Waals surface area contributed by atoms with Gasteiger partial charge in [0.15, 0.2) is 0 Å². The fraction of sp³-hybridized carbons (Fsp3) is 0.174. The molecule has 0 bridgehead atoms. The fourth-order valence-electron chi connectivity index (χ4n) is 2.96. The molecule has 29 heavy (non-hydrogen) atoms. The van der Waals surface area contributed by atoms with Gasteiger partial charge in [0, 0.05) is 22.3 Å². The van der Waals surface area contributed by atoms with Crippen LogP contribution in [-0.2, 0) is 14.3 Å². The van der Waals surface area contributed by atoms with Crippen molar-refractivity contribution in [3.8, 4) is 17.6 Å². The topological polar surface area (TPSA) is 88.4 Å². The summed E-state index contributed by atoms with van der Waals surface area (Å²) >= 11 is 0. The van der Waals surface area contributed by atoms with Gasteiger partial charge in [-0.3, -0.25) is 4.79 Å². The van der Waals surface area contributed by atoms with Gasteiger partial charge in [-0.15, -0.1) is 0 Å². The number of nitrogens with one attached hydrogen (secondary N) is 1. The van der Waals surface area contributed by atoms with Crippen molar-refractivity contribution in [1.29, 1.82) is 5.26 Å². The van der Waals surface area contributed by atoms with Crippen molar-refractivity contribution in [2.45, 2.75) is 13.8 Å². The lowest BCUT2D eigenvalue weighted by Crippen LogP contribution is -2.30. The Bertz CT molecular complexity index is 1080. The van der Waals surface area contributed by atoms with Gasteiger partial charge in [-0.1, -0.05) is 36.4 Å². The molecule has 2 aromatic carbocycles. The number of carbonyl (C=O) groups is 2. The van der Waals surface area contributed by atoms with Crippen molar-refractivity contribution < 1.29 is 19.1 Å². The maximum atomic E-state index is 12.8. The van der Waals surface area contributed by atoms with Crippen LogP contribution in [0.2, 0.25) is 0 Å². The zero-order chi connectivity index (χ0) is 21.0. The number of para-hydroxylation sites is 1. The predicted octanol–water partition coefficient (Wildman–Crippen LogP) is 3.66.